The number of nitrogens with two attached hydrogens (primary N) is 1. The Morgan fingerprint density at radius 1 is 0.977 bits per heavy atom. The summed E-state index contributed by atoms with van der Waals surface area (Å²) in [6.45, 7) is 1.37. The summed E-state index contributed by atoms with van der Waals surface area (Å²) in [6.07, 6.45) is 1.09. The van der Waals surface area contributed by atoms with Gasteiger partial charge < -0.3 is 30.2 Å². The fourth-order valence-corrected chi connectivity index (χ4v) is 5.60. The number of primary sulfonamides is 1. The van der Waals surface area contributed by atoms with Crippen molar-refractivity contribution in [1.82, 2.24) is 10.6 Å². The third-order valence-electron chi connectivity index (χ3n) is 7.10. The van der Waals surface area contributed by atoms with Crippen molar-refractivity contribution >= 4 is 27.5 Å². The minimum absolute atomic E-state index is 0.0267. The van der Waals surface area contributed by atoms with E-state index >= 15 is 0 Å². The van der Waals surface area contributed by atoms with E-state index in [9.17, 15) is 22.8 Å². The maximum Gasteiger partial charge on any atom is 0.239 e. The van der Waals surface area contributed by atoms with Crippen LogP contribution in [0.2, 0.25) is 0 Å². The molecule has 1 atom stereocenters. The standard InChI is InChI=1S/C30H34N4O8S/c1-17(35)34-23-11-7-19-13-26(40-2)29(41-3)30(42-4)28(19)21-10-12-24(25(36)14-22(21)23)32-16-27(37)33-15-18-5-8-20(9-6-18)43(31,38)39/h5-6,8-10,12-14,23H,7,11,15-16H2,1-4H3,(H,32,36)(H,33,37)(H,34,35)(H2,31,38,39). The van der Waals surface area contributed by atoms with Gasteiger partial charge >= 0.3 is 0 Å². The number of rotatable bonds is 10. The summed E-state index contributed by atoms with van der Waals surface area (Å²) in [5.41, 5.74) is 3.37. The van der Waals surface area contributed by atoms with Crippen LogP contribution in [0.1, 0.15) is 36.1 Å². The summed E-state index contributed by atoms with van der Waals surface area (Å²) in [6, 6.07) is 12.1. The first-order valence-corrected chi connectivity index (χ1v) is 14.9. The van der Waals surface area contributed by atoms with Gasteiger partial charge in [-0.05, 0) is 65.4 Å². The zero-order valence-corrected chi connectivity index (χ0v) is 25.1. The second-order valence-electron chi connectivity index (χ2n) is 9.92. The quantitative estimate of drug-likeness (QED) is 0.268. The number of carbonyl (C=O) groups is 2. The molecule has 13 heteroatoms. The zero-order valence-electron chi connectivity index (χ0n) is 24.3. The number of ether oxygens (including phenoxy) is 3. The van der Waals surface area contributed by atoms with Gasteiger partial charge in [-0.1, -0.05) is 18.2 Å². The Bertz CT molecular complexity index is 1710. The van der Waals surface area contributed by atoms with Crippen molar-refractivity contribution < 1.29 is 32.2 Å². The number of sulfonamides is 1. The highest BCUT2D eigenvalue weighted by Crippen LogP contribution is 2.50. The summed E-state index contributed by atoms with van der Waals surface area (Å²) in [5, 5.41) is 13.7. The monoisotopic (exact) mass is 610 g/mol. The van der Waals surface area contributed by atoms with E-state index < -0.39 is 16.1 Å². The molecule has 1 aliphatic carbocycles. The van der Waals surface area contributed by atoms with Gasteiger partial charge in [-0.25, -0.2) is 13.6 Å². The number of hydrogen-bond donors (Lipinski definition) is 4. The SMILES string of the molecule is COc1cc2c(c(OC)c1OC)-c1ccc(NCC(=O)NCc3ccc(S(N)(=O)=O)cc3)c(=O)cc1C(NC(C)=O)CC2. The average Bonchev–Trinajstić information content (AvgIpc) is 3.21. The molecular weight excluding hydrogens is 576 g/mol. The highest BCUT2D eigenvalue weighted by molar-refractivity contribution is 7.89. The van der Waals surface area contributed by atoms with E-state index in [1.54, 1.807) is 24.3 Å². The van der Waals surface area contributed by atoms with E-state index in [0.717, 1.165) is 11.1 Å². The van der Waals surface area contributed by atoms with Crippen LogP contribution in [0, 0.1) is 0 Å². The molecule has 0 fully saturated rings. The maximum absolute atomic E-state index is 13.4. The number of benzene rings is 2. The van der Waals surface area contributed by atoms with Crippen molar-refractivity contribution in [2.24, 2.45) is 5.14 Å². The van der Waals surface area contributed by atoms with Crippen LogP contribution in [0.15, 0.2) is 58.2 Å². The van der Waals surface area contributed by atoms with Crippen LogP contribution in [-0.4, -0.2) is 48.1 Å². The van der Waals surface area contributed by atoms with Crippen LogP contribution >= 0.6 is 0 Å². The van der Waals surface area contributed by atoms with Gasteiger partial charge in [0, 0.05) is 19.0 Å². The molecule has 0 aromatic heterocycles. The lowest BCUT2D eigenvalue weighted by Crippen LogP contribution is -2.30. The van der Waals surface area contributed by atoms with Gasteiger partial charge in [-0.3, -0.25) is 14.4 Å². The summed E-state index contributed by atoms with van der Waals surface area (Å²) in [4.78, 5) is 38.1. The molecule has 0 radical (unpaired) electrons. The highest BCUT2D eigenvalue weighted by Gasteiger charge is 2.29. The fourth-order valence-electron chi connectivity index (χ4n) is 5.09. The van der Waals surface area contributed by atoms with Gasteiger partial charge in [0.05, 0.1) is 44.5 Å². The molecular formula is C30H34N4O8S. The number of hydrogen-bond acceptors (Lipinski definition) is 9. The van der Waals surface area contributed by atoms with Crippen LogP contribution in [0.25, 0.3) is 11.1 Å². The molecule has 5 N–H and O–H groups in total. The van der Waals surface area contributed by atoms with Crippen molar-refractivity contribution in [3.05, 3.63) is 75.4 Å². The molecule has 4 rings (SSSR count). The van der Waals surface area contributed by atoms with Crippen LogP contribution in [-0.2, 0) is 32.6 Å². The topological polar surface area (TPSA) is 175 Å². The van der Waals surface area contributed by atoms with Gasteiger partial charge in [0.15, 0.2) is 11.5 Å². The van der Waals surface area contributed by atoms with Gasteiger partial charge in [0.25, 0.3) is 0 Å². The lowest BCUT2D eigenvalue weighted by Gasteiger charge is -2.19. The van der Waals surface area contributed by atoms with Gasteiger partial charge in [0.1, 0.15) is 0 Å². The second kappa shape index (κ2) is 13.1. The van der Waals surface area contributed by atoms with Crippen LogP contribution in [0.3, 0.4) is 0 Å². The third-order valence-corrected chi connectivity index (χ3v) is 8.03. The summed E-state index contributed by atoms with van der Waals surface area (Å²) < 4.78 is 39.8. The summed E-state index contributed by atoms with van der Waals surface area (Å²) >= 11 is 0. The van der Waals surface area contributed by atoms with E-state index in [4.69, 9.17) is 19.3 Å². The fraction of sp³-hybridized carbons (Fsp3) is 0.300. The lowest BCUT2D eigenvalue weighted by atomic mass is 9.95. The Morgan fingerprint density at radius 2 is 1.67 bits per heavy atom. The first kappa shape index (κ1) is 31.3. The Morgan fingerprint density at radius 3 is 2.28 bits per heavy atom. The predicted octanol–water partition coefficient (Wildman–Crippen LogP) is 2.24. The summed E-state index contributed by atoms with van der Waals surface area (Å²) in [5.74, 6) is 0.707. The first-order valence-electron chi connectivity index (χ1n) is 13.4. The molecule has 0 heterocycles. The summed E-state index contributed by atoms with van der Waals surface area (Å²) in [7, 11) is 0.762. The molecule has 43 heavy (non-hydrogen) atoms. The third kappa shape index (κ3) is 7.07. The molecule has 3 aromatic rings. The van der Waals surface area contributed by atoms with Crippen molar-refractivity contribution in [2.45, 2.75) is 37.2 Å². The van der Waals surface area contributed by atoms with Crippen LogP contribution < -0.4 is 40.7 Å². The molecule has 12 nitrogen and oxygen atoms in total. The van der Waals surface area contributed by atoms with E-state index in [2.05, 4.69) is 16.0 Å². The number of amides is 2. The maximum atomic E-state index is 13.4. The molecule has 1 unspecified atom stereocenters. The number of aryl methyl sites for hydroxylation is 1. The lowest BCUT2D eigenvalue weighted by molar-refractivity contribution is -0.120. The molecule has 2 amide bonds. The molecule has 0 bridgehead atoms. The molecule has 0 aliphatic heterocycles. The zero-order chi connectivity index (χ0) is 31.3. The van der Waals surface area contributed by atoms with Crippen molar-refractivity contribution in [2.75, 3.05) is 33.2 Å². The predicted molar refractivity (Wildman–Crippen MR) is 161 cm³/mol. The molecule has 228 valence electrons. The van der Waals surface area contributed by atoms with E-state index in [0.29, 0.717) is 46.8 Å². The number of methoxy groups -OCH3 is 3. The Balaban J connectivity index is 1.64. The Labute approximate surface area is 249 Å². The van der Waals surface area contributed by atoms with Crippen molar-refractivity contribution in [3.63, 3.8) is 0 Å². The van der Waals surface area contributed by atoms with Crippen LogP contribution in [0.5, 0.6) is 17.2 Å². The largest absolute Gasteiger partial charge is 0.493 e. The molecule has 0 spiro atoms. The Kier molecular flexibility index (Phi) is 9.56. The van der Waals surface area contributed by atoms with Gasteiger partial charge in [-0.2, -0.15) is 0 Å². The smallest absolute Gasteiger partial charge is 0.239 e. The molecule has 1 aliphatic rings. The number of anilines is 1. The highest BCUT2D eigenvalue weighted by atomic mass is 32.2. The van der Waals surface area contributed by atoms with Gasteiger partial charge in [-0.15, -0.1) is 0 Å². The number of fused-ring (bicyclic) bond motifs is 3. The number of nitrogens with one attached hydrogen (secondary N) is 3. The van der Waals surface area contributed by atoms with Gasteiger partial charge in [0.2, 0.25) is 33.0 Å². The molecule has 0 saturated carbocycles. The molecule has 0 saturated heterocycles. The molecule has 3 aromatic carbocycles. The minimum atomic E-state index is -3.81. The second-order valence-corrected chi connectivity index (χ2v) is 11.5. The van der Waals surface area contributed by atoms with E-state index in [1.807, 2.05) is 6.07 Å². The Hall–Kier alpha value is -4.62. The van der Waals surface area contributed by atoms with E-state index in [1.165, 1.54) is 46.5 Å². The first-order chi connectivity index (χ1) is 20.5. The van der Waals surface area contributed by atoms with E-state index in [-0.39, 0.29) is 40.9 Å². The normalized spacial score (nSPS) is 13.9. The number of carbonyl (C=O) groups excluding carboxylic acids is 2. The van der Waals surface area contributed by atoms with Crippen LogP contribution in [0.4, 0.5) is 5.69 Å². The van der Waals surface area contributed by atoms with Crippen molar-refractivity contribution in [3.8, 4) is 28.4 Å². The average molecular weight is 611 g/mol. The minimum Gasteiger partial charge on any atom is -0.493 e. The van der Waals surface area contributed by atoms with Crippen molar-refractivity contribution in [1.29, 1.82) is 0 Å².